The fourth-order valence-corrected chi connectivity index (χ4v) is 3.04. The van der Waals surface area contributed by atoms with Crippen LogP contribution in [0.1, 0.15) is 49.4 Å². The Morgan fingerprint density at radius 2 is 2.15 bits per heavy atom. The van der Waals surface area contributed by atoms with E-state index in [1.165, 1.54) is 19.3 Å². The van der Waals surface area contributed by atoms with Gasteiger partial charge in [-0.2, -0.15) is 0 Å². The molecule has 1 fully saturated rings. The topological polar surface area (TPSA) is 58.6 Å². The maximum atomic E-state index is 11.3. The highest BCUT2D eigenvalue weighted by Gasteiger charge is 2.25. The van der Waals surface area contributed by atoms with Crippen LogP contribution >= 0.6 is 0 Å². The zero-order valence-corrected chi connectivity index (χ0v) is 12.2. The van der Waals surface area contributed by atoms with Gasteiger partial charge in [0.25, 0.3) is 0 Å². The Kier molecular flexibility index (Phi) is 4.88. The molecule has 0 bridgehead atoms. The summed E-state index contributed by atoms with van der Waals surface area (Å²) < 4.78 is 5.20. The number of hydrogen-bond donors (Lipinski definition) is 2. The smallest absolute Gasteiger partial charge is 0.337 e. The molecule has 0 spiro atoms. The van der Waals surface area contributed by atoms with E-state index < -0.39 is 5.97 Å². The molecule has 2 rings (SSSR count). The van der Waals surface area contributed by atoms with Crippen molar-refractivity contribution in [3.63, 3.8) is 0 Å². The van der Waals surface area contributed by atoms with Gasteiger partial charge in [0.05, 0.1) is 18.4 Å². The number of carboxylic acids is 1. The molecule has 2 N–H and O–H groups in total. The van der Waals surface area contributed by atoms with Crippen LogP contribution in [0.5, 0.6) is 5.75 Å². The van der Waals surface area contributed by atoms with Crippen molar-refractivity contribution in [2.24, 2.45) is 5.92 Å². The van der Waals surface area contributed by atoms with E-state index in [2.05, 4.69) is 12.2 Å². The Balaban J connectivity index is 2.23. The highest BCUT2D eigenvalue weighted by atomic mass is 16.5. The molecule has 2 unspecified atom stereocenters. The summed E-state index contributed by atoms with van der Waals surface area (Å²) in [5.41, 5.74) is 0.980. The number of hydrogen-bond acceptors (Lipinski definition) is 3. The minimum Gasteiger partial charge on any atom is -0.497 e. The van der Waals surface area contributed by atoms with Crippen LogP contribution in [0.3, 0.4) is 0 Å². The second kappa shape index (κ2) is 6.64. The number of rotatable bonds is 5. The van der Waals surface area contributed by atoms with Crippen molar-refractivity contribution in [1.82, 2.24) is 0 Å². The number of anilines is 1. The normalized spacial score (nSPS) is 22.3. The summed E-state index contributed by atoms with van der Waals surface area (Å²) in [5.74, 6) is 0.400. The molecular weight excluding hydrogens is 254 g/mol. The number of nitrogens with one attached hydrogen (secondary N) is 1. The Bertz CT molecular complexity index is 473. The zero-order chi connectivity index (χ0) is 14.5. The van der Waals surface area contributed by atoms with E-state index in [-0.39, 0.29) is 0 Å². The second-order valence-corrected chi connectivity index (χ2v) is 5.42. The summed E-state index contributed by atoms with van der Waals surface area (Å²) in [7, 11) is 1.59. The largest absolute Gasteiger partial charge is 0.497 e. The van der Waals surface area contributed by atoms with Crippen molar-refractivity contribution in [2.45, 2.75) is 45.1 Å². The van der Waals surface area contributed by atoms with E-state index in [4.69, 9.17) is 4.74 Å². The highest BCUT2D eigenvalue weighted by molar-refractivity contribution is 5.94. The van der Waals surface area contributed by atoms with Gasteiger partial charge in [0.15, 0.2) is 0 Å². The van der Waals surface area contributed by atoms with E-state index in [1.54, 1.807) is 25.3 Å². The highest BCUT2D eigenvalue weighted by Crippen LogP contribution is 2.31. The van der Waals surface area contributed by atoms with Gasteiger partial charge in [0.1, 0.15) is 5.75 Å². The SMILES string of the molecule is CCC1CCCCC1Nc1cc(OC)ccc1C(=O)O. The first-order chi connectivity index (χ1) is 9.65. The second-order valence-electron chi connectivity index (χ2n) is 5.42. The molecule has 110 valence electrons. The number of carbonyl (C=O) groups is 1. The molecule has 0 radical (unpaired) electrons. The van der Waals surface area contributed by atoms with Gasteiger partial charge in [-0.1, -0.05) is 26.2 Å². The summed E-state index contributed by atoms with van der Waals surface area (Å²) in [6.45, 7) is 2.20. The molecule has 20 heavy (non-hydrogen) atoms. The molecule has 1 aromatic carbocycles. The third-order valence-corrected chi connectivity index (χ3v) is 4.23. The molecule has 1 aromatic rings. The Morgan fingerprint density at radius 3 is 2.80 bits per heavy atom. The van der Waals surface area contributed by atoms with Gasteiger partial charge >= 0.3 is 5.97 Å². The van der Waals surface area contributed by atoms with E-state index in [0.717, 1.165) is 12.8 Å². The predicted molar refractivity (Wildman–Crippen MR) is 79.6 cm³/mol. The molecule has 1 aliphatic rings. The monoisotopic (exact) mass is 277 g/mol. The van der Waals surface area contributed by atoms with Gasteiger partial charge in [0, 0.05) is 12.1 Å². The fraction of sp³-hybridized carbons (Fsp3) is 0.562. The first kappa shape index (κ1) is 14.7. The third kappa shape index (κ3) is 3.24. The van der Waals surface area contributed by atoms with Crippen LogP contribution in [0.15, 0.2) is 18.2 Å². The number of aromatic carboxylic acids is 1. The summed E-state index contributed by atoms with van der Waals surface area (Å²) in [5, 5.41) is 12.7. The Labute approximate surface area is 120 Å². The van der Waals surface area contributed by atoms with Crippen LogP contribution in [0.4, 0.5) is 5.69 Å². The molecule has 1 saturated carbocycles. The maximum absolute atomic E-state index is 11.3. The van der Waals surface area contributed by atoms with Gasteiger partial charge in [-0.05, 0) is 30.9 Å². The van der Waals surface area contributed by atoms with Gasteiger partial charge in [-0.3, -0.25) is 0 Å². The van der Waals surface area contributed by atoms with Crippen LogP contribution < -0.4 is 10.1 Å². The lowest BCUT2D eigenvalue weighted by Crippen LogP contribution is -2.32. The van der Waals surface area contributed by atoms with E-state index >= 15 is 0 Å². The lowest BCUT2D eigenvalue weighted by Gasteiger charge is -2.32. The van der Waals surface area contributed by atoms with Crippen molar-refractivity contribution in [3.8, 4) is 5.75 Å². The summed E-state index contributed by atoms with van der Waals surface area (Å²) in [4.78, 5) is 11.3. The lowest BCUT2D eigenvalue weighted by molar-refractivity contribution is 0.0698. The van der Waals surface area contributed by atoms with Crippen LogP contribution in [-0.4, -0.2) is 24.2 Å². The quantitative estimate of drug-likeness (QED) is 0.860. The number of carboxylic acid groups (broad SMARTS) is 1. The number of methoxy groups -OCH3 is 1. The minimum atomic E-state index is -0.904. The summed E-state index contributed by atoms with van der Waals surface area (Å²) >= 11 is 0. The molecule has 4 heteroatoms. The zero-order valence-electron chi connectivity index (χ0n) is 12.2. The molecule has 0 aliphatic heterocycles. The predicted octanol–water partition coefficient (Wildman–Crippen LogP) is 3.77. The van der Waals surface area contributed by atoms with Gasteiger partial charge in [-0.25, -0.2) is 4.79 Å². The summed E-state index contributed by atoms with van der Waals surface area (Å²) in [6.07, 6.45) is 5.94. The van der Waals surface area contributed by atoms with E-state index in [9.17, 15) is 9.90 Å². The number of benzene rings is 1. The van der Waals surface area contributed by atoms with Crippen molar-refractivity contribution in [2.75, 3.05) is 12.4 Å². The van der Waals surface area contributed by atoms with Crippen molar-refractivity contribution < 1.29 is 14.6 Å². The van der Waals surface area contributed by atoms with Crippen LogP contribution in [0.25, 0.3) is 0 Å². The summed E-state index contributed by atoms with van der Waals surface area (Å²) in [6, 6.07) is 5.43. The molecule has 1 aliphatic carbocycles. The first-order valence-corrected chi connectivity index (χ1v) is 7.33. The molecule has 0 amide bonds. The number of ether oxygens (including phenoxy) is 1. The van der Waals surface area contributed by atoms with E-state index in [1.807, 2.05) is 0 Å². The van der Waals surface area contributed by atoms with Crippen LogP contribution in [0.2, 0.25) is 0 Å². The molecule has 0 heterocycles. The molecule has 0 aromatic heterocycles. The van der Waals surface area contributed by atoms with Gasteiger partial charge in [0.2, 0.25) is 0 Å². The average molecular weight is 277 g/mol. The molecule has 4 nitrogen and oxygen atoms in total. The minimum absolute atomic E-state index is 0.311. The van der Waals surface area contributed by atoms with E-state index in [0.29, 0.717) is 29.0 Å². The Hall–Kier alpha value is -1.71. The fourth-order valence-electron chi connectivity index (χ4n) is 3.04. The average Bonchev–Trinajstić information content (AvgIpc) is 2.47. The molecule has 2 atom stereocenters. The van der Waals surface area contributed by atoms with Crippen LogP contribution in [0, 0.1) is 5.92 Å². The lowest BCUT2D eigenvalue weighted by atomic mass is 9.82. The van der Waals surface area contributed by atoms with Crippen LogP contribution in [-0.2, 0) is 0 Å². The standard InChI is InChI=1S/C16H23NO3/c1-3-11-6-4-5-7-14(11)17-15-10-12(20-2)8-9-13(15)16(18)19/h8-11,14,17H,3-7H2,1-2H3,(H,18,19). The Morgan fingerprint density at radius 1 is 1.40 bits per heavy atom. The van der Waals surface area contributed by atoms with Crippen molar-refractivity contribution in [1.29, 1.82) is 0 Å². The first-order valence-electron chi connectivity index (χ1n) is 7.33. The molecular formula is C16H23NO3. The van der Waals surface area contributed by atoms with Crippen molar-refractivity contribution >= 4 is 11.7 Å². The maximum Gasteiger partial charge on any atom is 0.337 e. The van der Waals surface area contributed by atoms with Gasteiger partial charge in [-0.15, -0.1) is 0 Å². The van der Waals surface area contributed by atoms with Crippen molar-refractivity contribution in [3.05, 3.63) is 23.8 Å². The van der Waals surface area contributed by atoms with Gasteiger partial charge < -0.3 is 15.2 Å². The molecule has 0 saturated heterocycles. The third-order valence-electron chi connectivity index (χ3n) is 4.23.